The van der Waals surface area contributed by atoms with Crippen molar-refractivity contribution >= 4 is 11.6 Å². The molecule has 2 aliphatic carbocycles. The topological polar surface area (TPSA) is 165 Å². The molecular formula is C112H230ClF4N17O2. The number of aromatic nitrogens is 11. The molecule has 3 aliphatic rings. The van der Waals surface area contributed by atoms with Crippen LogP contribution in [0.5, 0.6) is 0 Å². The Balaban J connectivity index is -0.000000135. The zero-order chi connectivity index (χ0) is 109. The summed E-state index contributed by atoms with van der Waals surface area (Å²) in [6.07, 6.45) is 33.8. The molecule has 3 fully saturated rings. The number of rotatable bonds is 19. The third kappa shape index (κ3) is 124. The van der Waals surface area contributed by atoms with Gasteiger partial charge in [-0.05, 0) is 307 Å². The predicted octanol–water partition coefficient (Wildman–Crippen LogP) is 32.8. The Morgan fingerprint density at radius 3 is 1.07 bits per heavy atom. The highest BCUT2D eigenvalue weighted by molar-refractivity contribution is 6.20. The van der Waals surface area contributed by atoms with Crippen LogP contribution in [0.4, 0.5) is 17.6 Å². The summed E-state index contributed by atoms with van der Waals surface area (Å²) >= 11 is 5.27. The first-order valence-electron chi connectivity index (χ1n) is 52.1. The average molecular weight is 1960 g/mol. The summed E-state index contributed by atoms with van der Waals surface area (Å²) in [5.74, 6) is 7.95. The van der Waals surface area contributed by atoms with Crippen LogP contribution in [0.25, 0.3) is 0 Å². The van der Waals surface area contributed by atoms with Crippen LogP contribution in [0.3, 0.4) is 0 Å². The summed E-state index contributed by atoms with van der Waals surface area (Å²) in [4.78, 5) is 17.0. The van der Waals surface area contributed by atoms with E-state index in [9.17, 15) is 17.6 Å². The molecule has 136 heavy (non-hydrogen) atoms. The summed E-state index contributed by atoms with van der Waals surface area (Å²) in [5.41, 5.74) is 2.43. The summed E-state index contributed by atoms with van der Waals surface area (Å²) in [6, 6.07) is 15.7. The third-order valence-corrected chi connectivity index (χ3v) is 20.1. The van der Waals surface area contributed by atoms with Crippen molar-refractivity contribution in [3.05, 3.63) is 135 Å². The number of oxazole rings is 1. The average Bonchev–Trinajstić information content (AvgIpc) is 1.81. The SMILES string of the molecule is CC(C)C.CC(C)C(C)C.CC(C)C(F)(F)F.CC(C)C1CC1.CC(C)C1CCCC1.CC(C)Cl.CC(C)F.CC(C)N(C)C.CC(C)N1CCC1.CC(C)c1ccn(C)n1.CC(C)c1ccoc1.CC(C)c1cnco1.CC(C)n1cccc1.CC(C)n1ccnc1.CC(C)n1ccnn1.CCC.CCCN(C)C(C)C.CCN(C)C(C)C.CCNC(C)C.CNC(C)C.Cn1cccn1. The van der Waals surface area contributed by atoms with Crippen molar-refractivity contribution in [3.8, 4) is 0 Å². The summed E-state index contributed by atoms with van der Waals surface area (Å²) < 4.78 is 64.0. The lowest BCUT2D eigenvalue weighted by Gasteiger charge is -2.34. The second kappa shape index (κ2) is 101. The number of hydrogen-bond donors (Lipinski definition) is 2. The molecule has 1 aliphatic heterocycles. The van der Waals surface area contributed by atoms with E-state index in [0.29, 0.717) is 71.5 Å². The fourth-order valence-corrected chi connectivity index (χ4v) is 8.59. The van der Waals surface area contributed by atoms with Crippen LogP contribution < -0.4 is 10.6 Å². The Kier molecular flexibility index (Phi) is 113. The van der Waals surface area contributed by atoms with E-state index >= 15 is 0 Å². The molecule has 0 atom stereocenters. The predicted molar refractivity (Wildman–Crippen MR) is 595 cm³/mol. The van der Waals surface area contributed by atoms with Crippen molar-refractivity contribution in [2.45, 2.75) is 466 Å². The zero-order valence-electron chi connectivity index (χ0n) is 99.0. The van der Waals surface area contributed by atoms with Crippen LogP contribution >= 0.6 is 11.6 Å². The highest BCUT2D eigenvalue weighted by Gasteiger charge is 2.31. The smallest absolute Gasteiger partial charge is 0.391 e. The highest BCUT2D eigenvalue weighted by Crippen LogP contribution is 2.36. The summed E-state index contributed by atoms with van der Waals surface area (Å²) in [5, 5.41) is 22.0. The maximum atomic E-state index is 11.2. The normalized spacial score (nSPS) is 12.2. The zero-order valence-corrected chi connectivity index (χ0v) is 99.7. The highest BCUT2D eigenvalue weighted by atomic mass is 35.5. The molecule has 19 nitrogen and oxygen atoms in total. The molecule has 24 heteroatoms. The summed E-state index contributed by atoms with van der Waals surface area (Å²) in [6.45, 7) is 102. The van der Waals surface area contributed by atoms with E-state index in [4.69, 9.17) is 20.4 Å². The summed E-state index contributed by atoms with van der Waals surface area (Å²) in [7, 11) is 14.2. The van der Waals surface area contributed by atoms with Gasteiger partial charge in [-0.3, -0.25) is 14.0 Å². The first-order valence-corrected chi connectivity index (χ1v) is 52.6. The van der Waals surface area contributed by atoms with Crippen molar-refractivity contribution in [3.63, 3.8) is 0 Å². The van der Waals surface area contributed by atoms with Crippen molar-refractivity contribution in [1.29, 1.82) is 0 Å². The Morgan fingerprint density at radius 1 is 0.515 bits per heavy atom. The number of imidazole rings is 1. The van der Waals surface area contributed by atoms with Crippen LogP contribution in [0.1, 0.15) is 429 Å². The van der Waals surface area contributed by atoms with E-state index in [-0.39, 0.29) is 0 Å². The molecule has 810 valence electrons. The fraction of sp³-hybridized carbons (Fsp3) is 0.804. The van der Waals surface area contributed by atoms with Crippen LogP contribution in [-0.4, -0.2) is 195 Å². The van der Waals surface area contributed by atoms with Gasteiger partial charge in [0.15, 0.2) is 6.39 Å². The van der Waals surface area contributed by atoms with Gasteiger partial charge in [-0.2, -0.15) is 23.4 Å². The molecule has 0 aromatic carbocycles. The van der Waals surface area contributed by atoms with Crippen molar-refractivity contribution in [2.24, 2.45) is 61.4 Å². The Labute approximate surface area is 847 Å². The van der Waals surface area contributed by atoms with Crippen LogP contribution in [0.15, 0.2) is 126 Å². The lowest BCUT2D eigenvalue weighted by molar-refractivity contribution is -0.164. The Hall–Kier alpha value is -5.69. The maximum Gasteiger partial charge on any atom is 0.391 e. The van der Waals surface area contributed by atoms with E-state index in [1.54, 1.807) is 46.7 Å². The number of nitrogens with one attached hydrogen (secondary N) is 2. The second-order valence-corrected chi connectivity index (χ2v) is 42.2. The van der Waals surface area contributed by atoms with Gasteiger partial charge in [-0.15, -0.1) is 16.7 Å². The number of nitrogens with zero attached hydrogens (tertiary/aromatic N) is 15. The Morgan fingerprint density at radius 2 is 0.956 bits per heavy atom. The minimum Gasteiger partial charge on any atom is -0.472 e. The number of likely N-dealkylation sites (tertiary alicyclic amines) is 1. The van der Waals surface area contributed by atoms with Crippen LogP contribution in [0, 0.1) is 47.3 Å². The lowest BCUT2D eigenvalue weighted by Crippen LogP contribution is -2.41. The van der Waals surface area contributed by atoms with E-state index in [1.165, 1.54) is 103 Å². The van der Waals surface area contributed by atoms with Gasteiger partial charge in [0.1, 0.15) is 5.76 Å². The molecule has 0 bridgehead atoms. The largest absolute Gasteiger partial charge is 0.472 e. The van der Waals surface area contributed by atoms with Crippen molar-refractivity contribution in [2.75, 3.05) is 68.0 Å². The minimum absolute atomic E-state index is 0.306. The van der Waals surface area contributed by atoms with Gasteiger partial charge in [0.2, 0.25) is 0 Å². The van der Waals surface area contributed by atoms with Gasteiger partial charge in [-0.1, -0.05) is 231 Å². The standard InChI is InChI=1S/C8H16.C7H12N2.C7H11N.C7H17N.C7H10O.C6H10N2.C6H9NO.C6H13N.C6H15N.C6H12.C6H14.C5H9N3.2C5H13N.C4H7F3.C4H6N2.C4H11N.C4H10.C3H7Cl.C3H7F.C3H8/c1-7(2)8-5-3-4-6-8;1-6(2)7-4-5-9(3)8-7;1-7(2)8-5-3-4-6-8;1-5-6-8(4)7(2)3;1-6(2)7-3-4-8-5-7;1-6(2)8-4-3-7-5-8;1-5(2)6-3-7-4-8-6;1-6(2)7-4-3-5-7;1-5-7(4)6(2)3;1-5(2)6-3-4-6;1-5(2)6(3)4;1-5(2)8-4-3-6-7-8;1-5(2)6(3)4;1-4-6-5(2)3;1-3(2)4(5,6)7;1-6-4-2-3-5-6;1-4(2)5-3;1-4(2)3;2*1-3(2)4;1-3-2/h7-8H,3-6H2,1-2H3;4-6H,1-3H3;3-7H,1-2H3;7H,5-6H2,1-4H3;2*3-6H,1-2H3;3-5H,1-2H3;6H,3-5H2,1-2H3;6H,5H2,1-4H3;5-6H,3-4H2,1-2H3;5-6H,1-4H3;3-5H,1-2H3;5H,1-4H3;5-6H,4H2,1-3H3;3H,1-2H3;2-4H,1H3;4-5H,1-3H3;4H,1-3H3;2*3H,1-2H3;3H2,1-2H3. The second-order valence-electron chi connectivity index (χ2n) is 41.3. The maximum absolute atomic E-state index is 11.2. The van der Waals surface area contributed by atoms with Gasteiger partial charge in [-0.25, -0.2) is 14.4 Å². The quantitative estimate of drug-likeness (QED) is 0.0580. The fourth-order valence-electron chi connectivity index (χ4n) is 8.59. The van der Waals surface area contributed by atoms with Gasteiger partial charge < -0.3 is 48.2 Å². The number of hydrogen-bond acceptors (Lipinski definition) is 14. The molecule has 0 radical (unpaired) electrons. The molecule has 0 spiro atoms. The first-order chi connectivity index (χ1) is 62.8. The molecule has 10 rings (SSSR count). The molecule has 7 aromatic heterocycles. The van der Waals surface area contributed by atoms with Crippen molar-refractivity contribution < 1.29 is 26.4 Å². The van der Waals surface area contributed by atoms with Gasteiger partial charge in [0.05, 0.1) is 43.1 Å². The van der Waals surface area contributed by atoms with Gasteiger partial charge in [0, 0.05) is 135 Å². The van der Waals surface area contributed by atoms with Crippen LogP contribution in [0.2, 0.25) is 0 Å². The van der Waals surface area contributed by atoms with E-state index < -0.39 is 18.3 Å². The number of aryl methyl sites for hydroxylation is 2. The molecule has 7 aromatic rings. The monoisotopic (exact) mass is 1960 g/mol. The molecule has 0 amide bonds. The Bertz CT molecular complexity index is 2950. The third-order valence-electron chi connectivity index (χ3n) is 20.1. The first kappa shape index (κ1) is 153. The molecule has 2 N–H and O–H groups in total. The van der Waals surface area contributed by atoms with E-state index in [0.717, 1.165) is 85.9 Å². The lowest BCUT2D eigenvalue weighted by atomic mass is 9.95. The van der Waals surface area contributed by atoms with E-state index in [1.807, 2.05) is 101 Å². The van der Waals surface area contributed by atoms with Crippen LogP contribution in [-0.2, 0) is 14.1 Å². The molecule has 1 saturated heterocycles. The minimum atomic E-state index is -4.00. The molecule has 0 unspecified atom stereocenters. The molecule has 2 saturated carbocycles. The van der Waals surface area contributed by atoms with Gasteiger partial charge in [0.25, 0.3) is 0 Å². The van der Waals surface area contributed by atoms with E-state index in [2.05, 4.69) is 387 Å². The number of furan rings is 1. The molecular weight excluding hydrogens is 1730 g/mol. The number of halogens is 5. The molecule has 8 heterocycles. The van der Waals surface area contributed by atoms with Gasteiger partial charge >= 0.3 is 6.18 Å². The number of alkyl halides is 5. The van der Waals surface area contributed by atoms with Crippen molar-refractivity contribution in [1.82, 2.24) is 83.9 Å².